The van der Waals surface area contributed by atoms with Crippen LogP contribution in [0.3, 0.4) is 0 Å². The molecular weight excluding hydrogens is 314 g/mol. The smallest absolute Gasteiger partial charge is 0.308 e. The van der Waals surface area contributed by atoms with Crippen molar-refractivity contribution in [1.29, 1.82) is 0 Å². The van der Waals surface area contributed by atoms with E-state index in [9.17, 15) is 19.7 Å². The number of amides is 1. The van der Waals surface area contributed by atoms with Crippen LogP contribution in [-0.4, -0.2) is 23.0 Å². The van der Waals surface area contributed by atoms with Gasteiger partial charge in [0.25, 0.3) is 11.6 Å². The third-order valence-electron chi connectivity index (χ3n) is 2.82. The Morgan fingerprint density at radius 2 is 1.96 bits per heavy atom. The molecule has 0 fully saturated rings. The number of hydrogen-bond acceptors (Lipinski definition) is 6. The Kier molecular flexibility index (Phi) is 5.35. The van der Waals surface area contributed by atoms with Crippen LogP contribution in [0.4, 0.5) is 5.69 Å². The molecule has 0 heterocycles. The molecule has 0 aliphatic heterocycles. The van der Waals surface area contributed by atoms with Gasteiger partial charge in [0.2, 0.25) is 0 Å². The topological polar surface area (TPSA) is 111 Å². The van der Waals surface area contributed by atoms with Crippen LogP contribution in [0, 0.1) is 10.1 Å². The van der Waals surface area contributed by atoms with E-state index in [0.29, 0.717) is 11.3 Å². The number of nitro benzene ring substituents is 1. The molecule has 24 heavy (non-hydrogen) atoms. The summed E-state index contributed by atoms with van der Waals surface area (Å²) in [7, 11) is 0. The maximum Gasteiger partial charge on any atom is 0.308 e. The zero-order valence-corrected chi connectivity index (χ0v) is 12.6. The second kappa shape index (κ2) is 7.63. The minimum absolute atomic E-state index is 0.120. The summed E-state index contributed by atoms with van der Waals surface area (Å²) in [6.45, 7) is 1.29. The highest BCUT2D eigenvalue weighted by atomic mass is 16.6. The van der Waals surface area contributed by atoms with Crippen molar-refractivity contribution in [3.05, 3.63) is 69.8 Å². The van der Waals surface area contributed by atoms with Gasteiger partial charge >= 0.3 is 5.97 Å². The number of nitro groups is 1. The van der Waals surface area contributed by atoms with E-state index in [4.69, 9.17) is 4.74 Å². The first-order valence-electron chi connectivity index (χ1n) is 6.82. The zero-order valence-electron chi connectivity index (χ0n) is 12.6. The number of hydrogen-bond donors (Lipinski definition) is 1. The van der Waals surface area contributed by atoms with Crippen molar-refractivity contribution < 1.29 is 19.2 Å². The summed E-state index contributed by atoms with van der Waals surface area (Å²) in [5.41, 5.74) is 2.82. The number of nitrogens with one attached hydrogen (secondary N) is 1. The Morgan fingerprint density at radius 1 is 1.21 bits per heavy atom. The van der Waals surface area contributed by atoms with Crippen LogP contribution in [0.25, 0.3) is 0 Å². The second-order valence-corrected chi connectivity index (χ2v) is 4.67. The lowest BCUT2D eigenvalue weighted by Crippen LogP contribution is -2.17. The Hall–Kier alpha value is -3.55. The molecule has 0 saturated heterocycles. The monoisotopic (exact) mass is 327 g/mol. The van der Waals surface area contributed by atoms with Crippen LogP contribution in [0.5, 0.6) is 5.75 Å². The Labute approximate surface area is 136 Å². The molecule has 0 aliphatic rings. The van der Waals surface area contributed by atoms with Gasteiger partial charge in [-0.2, -0.15) is 5.10 Å². The molecule has 0 radical (unpaired) electrons. The molecule has 0 aliphatic carbocycles. The third kappa shape index (κ3) is 4.73. The minimum Gasteiger partial charge on any atom is -0.427 e. The van der Waals surface area contributed by atoms with Gasteiger partial charge in [-0.3, -0.25) is 19.7 Å². The van der Waals surface area contributed by atoms with E-state index < -0.39 is 16.8 Å². The Bertz CT molecular complexity index is 817. The van der Waals surface area contributed by atoms with Crippen molar-refractivity contribution in [3.63, 3.8) is 0 Å². The number of nitrogens with zero attached hydrogens (tertiary/aromatic N) is 2. The average molecular weight is 327 g/mol. The molecular formula is C16H13N3O5. The van der Waals surface area contributed by atoms with Gasteiger partial charge in [-0.25, -0.2) is 5.43 Å². The van der Waals surface area contributed by atoms with E-state index in [1.165, 1.54) is 31.3 Å². The van der Waals surface area contributed by atoms with E-state index in [-0.39, 0.29) is 11.3 Å². The summed E-state index contributed by atoms with van der Waals surface area (Å²) in [4.78, 5) is 32.9. The zero-order chi connectivity index (χ0) is 17.5. The predicted molar refractivity (Wildman–Crippen MR) is 85.9 cm³/mol. The lowest BCUT2D eigenvalue weighted by Gasteiger charge is -2.02. The first-order valence-corrected chi connectivity index (χ1v) is 6.82. The fourth-order valence-electron chi connectivity index (χ4n) is 1.82. The Balaban J connectivity index is 2.03. The molecule has 0 spiro atoms. The number of non-ortho nitro benzene ring substituents is 1. The molecule has 1 N–H and O–H groups in total. The second-order valence-electron chi connectivity index (χ2n) is 4.67. The lowest BCUT2D eigenvalue weighted by atomic mass is 10.2. The van der Waals surface area contributed by atoms with E-state index in [1.54, 1.807) is 24.3 Å². The number of ether oxygens (including phenoxy) is 1. The van der Waals surface area contributed by atoms with Crippen molar-refractivity contribution in [1.82, 2.24) is 5.43 Å². The van der Waals surface area contributed by atoms with Gasteiger partial charge in [0.1, 0.15) is 5.75 Å². The normalized spacial score (nSPS) is 10.4. The summed E-state index contributed by atoms with van der Waals surface area (Å²) in [6.07, 6.45) is 1.36. The molecule has 8 heteroatoms. The number of benzene rings is 2. The van der Waals surface area contributed by atoms with Gasteiger partial charge in [-0.05, 0) is 23.8 Å². The summed E-state index contributed by atoms with van der Waals surface area (Å²) < 4.78 is 4.94. The highest BCUT2D eigenvalue weighted by Gasteiger charge is 2.10. The number of rotatable bonds is 5. The first kappa shape index (κ1) is 16.8. The van der Waals surface area contributed by atoms with Crippen molar-refractivity contribution in [2.24, 2.45) is 5.10 Å². The molecule has 0 unspecified atom stereocenters. The summed E-state index contributed by atoms with van der Waals surface area (Å²) >= 11 is 0. The molecule has 2 aromatic rings. The quantitative estimate of drug-likeness (QED) is 0.298. The number of carbonyl (C=O) groups is 2. The van der Waals surface area contributed by atoms with Crippen LogP contribution in [-0.2, 0) is 4.79 Å². The molecule has 2 aromatic carbocycles. The fraction of sp³-hybridized carbons (Fsp3) is 0.0625. The maximum absolute atomic E-state index is 11.9. The Morgan fingerprint density at radius 3 is 2.67 bits per heavy atom. The first-order chi connectivity index (χ1) is 11.5. The number of hydrazone groups is 1. The molecule has 1 amide bonds. The highest BCUT2D eigenvalue weighted by molar-refractivity contribution is 5.95. The van der Waals surface area contributed by atoms with E-state index >= 15 is 0 Å². The van der Waals surface area contributed by atoms with Crippen molar-refractivity contribution >= 4 is 23.8 Å². The third-order valence-corrected chi connectivity index (χ3v) is 2.82. The van der Waals surface area contributed by atoms with E-state index in [1.807, 2.05) is 0 Å². The van der Waals surface area contributed by atoms with Gasteiger partial charge in [-0.1, -0.05) is 18.2 Å². The molecule has 122 valence electrons. The van der Waals surface area contributed by atoms with E-state index in [2.05, 4.69) is 10.5 Å². The predicted octanol–water partition coefficient (Wildman–Crippen LogP) is 2.28. The van der Waals surface area contributed by atoms with Crippen LogP contribution in [0.1, 0.15) is 22.8 Å². The van der Waals surface area contributed by atoms with Crippen molar-refractivity contribution in [2.75, 3.05) is 0 Å². The van der Waals surface area contributed by atoms with Crippen molar-refractivity contribution in [2.45, 2.75) is 6.92 Å². The standard InChI is InChI=1S/C16H13N3O5/c1-11(20)24-15-7-2-4-12(8-15)10-17-18-16(21)13-5-3-6-14(9-13)19(22)23/h2-10H,1H3,(H,18,21)/b17-10-. The van der Waals surface area contributed by atoms with Crippen LogP contribution in [0.2, 0.25) is 0 Å². The van der Waals surface area contributed by atoms with Crippen LogP contribution >= 0.6 is 0 Å². The van der Waals surface area contributed by atoms with Gasteiger partial charge < -0.3 is 4.74 Å². The molecule has 8 nitrogen and oxygen atoms in total. The largest absolute Gasteiger partial charge is 0.427 e. The SMILES string of the molecule is CC(=O)Oc1cccc(/C=N\NC(=O)c2cccc([N+](=O)[O-])c2)c1. The van der Waals surface area contributed by atoms with E-state index in [0.717, 1.165) is 6.07 Å². The van der Waals surface area contributed by atoms with Gasteiger partial charge in [-0.15, -0.1) is 0 Å². The fourth-order valence-corrected chi connectivity index (χ4v) is 1.82. The lowest BCUT2D eigenvalue weighted by molar-refractivity contribution is -0.384. The molecule has 0 bridgehead atoms. The van der Waals surface area contributed by atoms with Gasteiger partial charge in [0, 0.05) is 24.6 Å². The number of esters is 1. The van der Waals surface area contributed by atoms with Crippen molar-refractivity contribution in [3.8, 4) is 5.75 Å². The molecule has 2 rings (SSSR count). The summed E-state index contributed by atoms with van der Waals surface area (Å²) in [6, 6.07) is 11.9. The maximum atomic E-state index is 11.9. The highest BCUT2D eigenvalue weighted by Crippen LogP contribution is 2.13. The minimum atomic E-state index is -0.583. The summed E-state index contributed by atoms with van der Waals surface area (Å²) in [5.74, 6) is -0.661. The molecule has 0 saturated carbocycles. The van der Waals surface area contributed by atoms with Crippen LogP contribution < -0.4 is 10.2 Å². The average Bonchev–Trinajstić information content (AvgIpc) is 2.54. The number of carbonyl (C=O) groups excluding carboxylic acids is 2. The van der Waals surface area contributed by atoms with Gasteiger partial charge in [0.05, 0.1) is 11.1 Å². The summed E-state index contributed by atoms with van der Waals surface area (Å²) in [5, 5.41) is 14.5. The van der Waals surface area contributed by atoms with Crippen LogP contribution in [0.15, 0.2) is 53.6 Å². The van der Waals surface area contributed by atoms with Gasteiger partial charge in [0.15, 0.2) is 0 Å². The molecule has 0 atom stereocenters. The molecule has 0 aromatic heterocycles.